The molecule has 0 aliphatic carbocycles. The van der Waals surface area contributed by atoms with Gasteiger partial charge in [-0.2, -0.15) is 0 Å². The molecule has 0 radical (unpaired) electrons. The molecule has 0 bridgehead atoms. The van der Waals surface area contributed by atoms with Crippen LogP contribution in [0.1, 0.15) is 16.7 Å². The molecule has 0 aromatic heterocycles. The van der Waals surface area contributed by atoms with E-state index in [4.69, 9.17) is 11.6 Å². The maximum atomic E-state index is 13.1. The number of nitrogens with zero attached hydrogens (tertiary/aromatic N) is 1. The first-order valence-corrected chi connectivity index (χ1v) is 10.1. The minimum atomic E-state index is -0.617. The lowest BCUT2D eigenvalue weighted by Crippen LogP contribution is -2.52. The topological polar surface area (TPSA) is 61.4 Å². The van der Waals surface area contributed by atoms with Crippen LogP contribution in [0, 0.1) is 6.92 Å². The number of halogens is 1. The SMILES string of the molecule is Cc1ccc(NC(=O)[C@H]2Cc3ccccc3CN2C(=O)Nc2ccc(Cl)cc2)cc1. The van der Waals surface area contributed by atoms with Gasteiger partial charge in [-0.1, -0.05) is 53.6 Å². The van der Waals surface area contributed by atoms with Crippen molar-refractivity contribution < 1.29 is 9.59 Å². The molecular weight excluding hydrogens is 398 g/mol. The summed E-state index contributed by atoms with van der Waals surface area (Å²) in [5.41, 5.74) is 4.58. The molecule has 0 saturated carbocycles. The number of anilines is 2. The predicted molar refractivity (Wildman–Crippen MR) is 120 cm³/mol. The molecule has 1 atom stereocenters. The summed E-state index contributed by atoms with van der Waals surface area (Å²) in [4.78, 5) is 27.8. The van der Waals surface area contributed by atoms with Crippen LogP contribution in [0.2, 0.25) is 5.02 Å². The molecule has 3 aromatic carbocycles. The summed E-state index contributed by atoms with van der Waals surface area (Å²) in [5, 5.41) is 6.41. The number of aryl methyl sites for hydroxylation is 1. The first-order valence-electron chi connectivity index (χ1n) is 9.77. The molecule has 3 amide bonds. The summed E-state index contributed by atoms with van der Waals surface area (Å²) in [7, 11) is 0. The molecule has 3 aromatic rings. The highest BCUT2D eigenvalue weighted by Crippen LogP contribution is 2.25. The van der Waals surface area contributed by atoms with Crippen LogP contribution in [0.5, 0.6) is 0 Å². The maximum Gasteiger partial charge on any atom is 0.322 e. The Labute approximate surface area is 180 Å². The maximum absolute atomic E-state index is 13.1. The fourth-order valence-corrected chi connectivity index (χ4v) is 3.69. The molecule has 30 heavy (non-hydrogen) atoms. The predicted octanol–water partition coefficient (Wildman–Crippen LogP) is 5.25. The smallest absolute Gasteiger partial charge is 0.322 e. The Morgan fingerprint density at radius 2 is 1.47 bits per heavy atom. The average Bonchev–Trinajstić information content (AvgIpc) is 2.76. The fourth-order valence-electron chi connectivity index (χ4n) is 3.56. The van der Waals surface area contributed by atoms with Gasteiger partial charge in [0.25, 0.3) is 0 Å². The van der Waals surface area contributed by atoms with Crippen molar-refractivity contribution in [3.63, 3.8) is 0 Å². The zero-order chi connectivity index (χ0) is 21.1. The summed E-state index contributed by atoms with van der Waals surface area (Å²) in [5.74, 6) is -0.209. The Morgan fingerprint density at radius 3 is 2.17 bits per heavy atom. The number of urea groups is 1. The van der Waals surface area contributed by atoms with E-state index in [9.17, 15) is 9.59 Å². The molecule has 4 rings (SSSR count). The van der Waals surface area contributed by atoms with E-state index in [1.807, 2.05) is 55.5 Å². The number of rotatable bonds is 3. The van der Waals surface area contributed by atoms with Crippen LogP contribution >= 0.6 is 11.6 Å². The number of hydrogen-bond donors (Lipinski definition) is 2. The van der Waals surface area contributed by atoms with E-state index in [-0.39, 0.29) is 11.9 Å². The third kappa shape index (κ3) is 4.47. The van der Waals surface area contributed by atoms with Gasteiger partial charge < -0.3 is 15.5 Å². The summed E-state index contributed by atoms with van der Waals surface area (Å²) in [6, 6.07) is 21.5. The monoisotopic (exact) mass is 419 g/mol. The van der Waals surface area contributed by atoms with E-state index in [0.29, 0.717) is 29.4 Å². The standard InChI is InChI=1S/C24H22ClN3O2/c1-16-6-10-20(11-7-16)26-23(29)22-14-17-4-2-3-5-18(17)15-28(22)24(30)27-21-12-8-19(25)9-13-21/h2-13,22H,14-15H2,1H3,(H,26,29)(H,27,30)/t22-/m1/s1. The molecule has 0 fully saturated rings. The van der Waals surface area contributed by atoms with Crippen molar-refractivity contribution in [2.24, 2.45) is 0 Å². The highest BCUT2D eigenvalue weighted by atomic mass is 35.5. The lowest BCUT2D eigenvalue weighted by atomic mass is 9.93. The number of hydrogen-bond acceptors (Lipinski definition) is 2. The van der Waals surface area contributed by atoms with Crippen molar-refractivity contribution in [2.75, 3.05) is 10.6 Å². The van der Waals surface area contributed by atoms with E-state index in [2.05, 4.69) is 10.6 Å². The molecule has 2 N–H and O–H groups in total. The number of benzene rings is 3. The van der Waals surface area contributed by atoms with Crippen LogP contribution in [0.4, 0.5) is 16.2 Å². The minimum absolute atomic E-state index is 0.209. The third-order valence-corrected chi connectivity index (χ3v) is 5.48. The Bertz CT molecular complexity index is 978. The largest absolute Gasteiger partial charge is 0.324 e. The number of fused-ring (bicyclic) bond motifs is 1. The van der Waals surface area contributed by atoms with Gasteiger partial charge in [0.05, 0.1) is 0 Å². The fraction of sp³-hybridized carbons (Fsp3) is 0.167. The second kappa shape index (κ2) is 8.59. The van der Waals surface area contributed by atoms with E-state index in [0.717, 1.165) is 16.7 Å². The Morgan fingerprint density at radius 1 is 0.867 bits per heavy atom. The summed E-state index contributed by atoms with van der Waals surface area (Å²) in [6.45, 7) is 2.36. The lowest BCUT2D eigenvalue weighted by molar-refractivity contribution is -0.120. The molecule has 0 saturated heterocycles. The van der Waals surface area contributed by atoms with Crippen molar-refractivity contribution in [1.29, 1.82) is 0 Å². The molecule has 1 aliphatic heterocycles. The van der Waals surface area contributed by atoms with E-state index in [1.54, 1.807) is 29.2 Å². The Balaban J connectivity index is 1.57. The van der Waals surface area contributed by atoms with Crippen molar-refractivity contribution in [1.82, 2.24) is 4.90 Å². The van der Waals surface area contributed by atoms with E-state index < -0.39 is 6.04 Å². The Kier molecular flexibility index (Phi) is 5.72. The summed E-state index contributed by atoms with van der Waals surface area (Å²) in [6.07, 6.45) is 0.460. The molecular formula is C24H22ClN3O2. The van der Waals surface area contributed by atoms with Crippen molar-refractivity contribution in [3.05, 3.63) is 94.5 Å². The van der Waals surface area contributed by atoms with Crippen LogP contribution in [0.25, 0.3) is 0 Å². The van der Waals surface area contributed by atoms with Gasteiger partial charge in [0.15, 0.2) is 0 Å². The molecule has 152 valence electrons. The molecule has 0 spiro atoms. The molecule has 5 nitrogen and oxygen atoms in total. The summed E-state index contributed by atoms with van der Waals surface area (Å²) < 4.78 is 0. The van der Waals surface area contributed by atoms with Gasteiger partial charge in [0.1, 0.15) is 6.04 Å². The first-order chi connectivity index (χ1) is 14.5. The van der Waals surface area contributed by atoms with Crippen LogP contribution in [-0.2, 0) is 17.8 Å². The quantitative estimate of drug-likeness (QED) is 0.609. The third-order valence-electron chi connectivity index (χ3n) is 5.23. The van der Waals surface area contributed by atoms with Crippen molar-refractivity contribution >= 4 is 34.9 Å². The lowest BCUT2D eigenvalue weighted by Gasteiger charge is -2.36. The van der Waals surface area contributed by atoms with Crippen LogP contribution < -0.4 is 10.6 Å². The van der Waals surface area contributed by atoms with Crippen molar-refractivity contribution in [3.8, 4) is 0 Å². The van der Waals surface area contributed by atoms with Gasteiger partial charge >= 0.3 is 6.03 Å². The second-order valence-corrected chi connectivity index (χ2v) is 7.85. The number of carbonyl (C=O) groups is 2. The van der Waals surface area contributed by atoms with Crippen molar-refractivity contribution in [2.45, 2.75) is 25.9 Å². The van der Waals surface area contributed by atoms with Gasteiger partial charge in [0, 0.05) is 29.4 Å². The van der Waals surface area contributed by atoms with Gasteiger partial charge in [-0.3, -0.25) is 4.79 Å². The number of carbonyl (C=O) groups excluding carboxylic acids is 2. The molecule has 0 unspecified atom stereocenters. The molecule has 1 aliphatic rings. The zero-order valence-electron chi connectivity index (χ0n) is 16.6. The van der Waals surface area contributed by atoms with Crippen LogP contribution in [0.3, 0.4) is 0 Å². The van der Waals surface area contributed by atoms with Gasteiger partial charge in [-0.25, -0.2) is 4.79 Å². The normalized spacial score (nSPS) is 15.3. The van der Waals surface area contributed by atoms with Gasteiger partial charge in [-0.15, -0.1) is 0 Å². The second-order valence-electron chi connectivity index (χ2n) is 7.41. The average molecular weight is 420 g/mol. The Hall–Kier alpha value is -3.31. The highest BCUT2D eigenvalue weighted by Gasteiger charge is 2.34. The summed E-state index contributed by atoms with van der Waals surface area (Å²) >= 11 is 5.93. The molecule has 6 heteroatoms. The van der Waals surface area contributed by atoms with Crippen LogP contribution in [-0.4, -0.2) is 22.9 Å². The van der Waals surface area contributed by atoms with Crippen LogP contribution in [0.15, 0.2) is 72.8 Å². The molecule has 1 heterocycles. The minimum Gasteiger partial charge on any atom is -0.324 e. The first kappa shape index (κ1) is 20.0. The van der Waals surface area contributed by atoms with E-state index >= 15 is 0 Å². The zero-order valence-corrected chi connectivity index (χ0v) is 17.3. The number of amides is 3. The highest BCUT2D eigenvalue weighted by molar-refractivity contribution is 6.30. The van der Waals surface area contributed by atoms with E-state index in [1.165, 1.54) is 0 Å². The number of nitrogens with one attached hydrogen (secondary N) is 2. The van der Waals surface area contributed by atoms with Gasteiger partial charge in [-0.05, 0) is 54.4 Å². The van der Waals surface area contributed by atoms with Gasteiger partial charge in [0.2, 0.25) is 5.91 Å².